The molecule has 0 saturated carbocycles. The van der Waals surface area contributed by atoms with E-state index in [1.54, 1.807) is 24.3 Å². The van der Waals surface area contributed by atoms with Crippen molar-refractivity contribution in [1.29, 1.82) is 0 Å². The Labute approximate surface area is 147 Å². The summed E-state index contributed by atoms with van der Waals surface area (Å²) >= 11 is 0. The quantitative estimate of drug-likeness (QED) is 0.805. The first kappa shape index (κ1) is 18.6. The van der Waals surface area contributed by atoms with Crippen LogP contribution >= 0.6 is 0 Å². The molecule has 0 heterocycles. The van der Waals surface area contributed by atoms with E-state index >= 15 is 0 Å². The SMILES string of the molecule is CC(C)c1ccc(NC(=O)[C@@H](C)OC(=O)Cc2ccccc2F)cc1. The van der Waals surface area contributed by atoms with Crippen molar-refractivity contribution < 1.29 is 18.7 Å². The molecule has 0 bridgehead atoms. The van der Waals surface area contributed by atoms with Crippen LogP contribution in [0.25, 0.3) is 0 Å². The van der Waals surface area contributed by atoms with Crippen LogP contribution < -0.4 is 5.32 Å². The number of benzene rings is 2. The summed E-state index contributed by atoms with van der Waals surface area (Å²) in [4.78, 5) is 24.0. The van der Waals surface area contributed by atoms with Gasteiger partial charge in [-0.25, -0.2) is 4.39 Å². The van der Waals surface area contributed by atoms with Gasteiger partial charge < -0.3 is 10.1 Å². The highest BCUT2D eigenvalue weighted by atomic mass is 19.1. The van der Waals surface area contributed by atoms with Gasteiger partial charge in [0.1, 0.15) is 5.82 Å². The maximum Gasteiger partial charge on any atom is 0.311 e. The molecule has 5 heteroatoms. The van der Waals surface area contributed by atoms with Gasteiger partial charge in [-0.3, -0.25) is 9.59 Å². The highest BCUT2D eigenvalue weighted by Crippen LogP contribution is 2.17. The van der Waals surface area contributed by atoms with Crippen molar-refractivity contribution in [3.8, 4) is 0 Å². The molecular weight excluding hydrogens is 321 g/mol. The van der Waals surface area contributed by atoms with E-state index < -0.39 is 23.8 Å². The molecule has 0 aromatic heterocycles. The number of anilines is 1. The van der Waals surface area contributed by atoms with Gasteiger partial charge in [0.05, 0.1) is 6.42 Å². The molecule has 1 atom stereocenters. The maximum atomic E-state index is 13.5. The number of hydrogen-bond donors (Lipinski definition) is 1. The number of rotatable bonds is 6. The van der Waals surface area contributed by atoms with Crippen molar-refractivity contribution in [3.63, 3.8) is 0 Å². The number of halogens is 1. The normalized spacial score (nSPS) is 11.9. The van der Waals surface area contributed by atoms with Gasteiger partial charge in [0.2, 0.25) is 0 Å². The number of esters is 1. The van der Waals surface area contributed by atoms with Gasteiger partial charge in [-0.1, -0.05) is 44.2 Å². The summed E-state index contributed by atoms with van der Waals surface area (Å²) in [6.07, 6.45) is -1.18. The van der Waals surface area contributed by atoms with Crippen LogP contribution in [0.3, 0.4) is 0 Å². The van der Waals surface area contributed by atoms with E-state index in [2.05, 4.69) is 19.2 Å². The minimum Gasteiger partial charge on any atom is -0.452 e. The molecular formula is C20H22FNO3. The highest BCUT2D eigenvalue weighted by Gasteiger charge is 2.19. The van der Waals surface area contributed by atoms with E-state index in [0.29, 0.717) is 11.6 Å². The molecule has 4 nitrogen and oxygen atoms in total. The Kier molecular flexibility index (Phi) is 6.28. The van der Waals surface area contributed by atoms with Crippen molar-refractivity contribution in [2.24, 2.45) is 0 Å². The Morgan fingerprint density at radius 2 is 1.68 bits per heavy atom. The van der Waals surface area contributed by atoms with Crippen molar-refractivity contribution in [3.05, 3.63) is 65.5 Å². The molecule has 1 amide bonds. The van der Waals surface area contributed by atoms with E-state index in [4.69, 9.17) is 4.74 Å². The molecule has 0 aliphatic carbocycles. The number of hydrogen-bond acceptors (Lipinski definition) is 3. The van der Waals surface area contributed by atoms with Crippen LogP contribution in [0.2, 0.25) is 0 Å². The van der Waals surface area contributed by atoms with Gasteiger partial charge in [-0.05, 0) is 42.2 Å². The van der Waals surface area contributed by atoms with Crippen LogP contribution in [0.4, 0.5) is 10.1 Å². The maximum absolute atomic E-state index is 13.5. The predicted molar refractivity (Wildman–Crippen MR) is 94.8 cm³/mol. The Bertz CT molecular complexity index is 741. The second-order valence-corrected chi connectivity index (χ2v) is 6.17. The third-order valence-electron chi connectivity index (χ3n) is 3.81. The van der Waals surface area contributed by atoms with Crippen LogP contribution in [-0.4, -0.2) is 18.0 Å². The molecule has 0 aliphatic heterocycles. The second-order valence-electron chi connectivity index (χ2n) is 6.17. The van der Waals surface area contributed by atoms with Crippen molar-refractivity contribution >= 4 is 17.6 Å². The van der Waals surface area contributed by atoms with Gasteiger partial charge in [-0.15, -0.1) is 0 Å². The van der Waals surface area contributed by atoms with Gasteiger partial charge in [-0.2, -0.15) is 0 Å². The lowest BCUT2D eigenvalue weighted by Crippen LogP contribution is -2.30. The lowest BCUT2D eigenvalue weighted by Gasteiger charge is -2.14. The Hall–Kier alpha value is -2.69. The molecule has 25 heavy (non-hydrogen) atoms. The fourth-order valence-corrected chi connectivity index (χ4v) is 2.28. The fraction of sp³-hybridized carbons (Fsp3) is 0.300. The van der Waals surface area contributed by atoms with Crippen molar-refractivity contribution in [2.45, 2.75) is 39.2 Å². The summed E-state index contributed by atoms with van der Waals surface area (Å²) in [6, 6.07) is 13.5. The van der Waals surface area contributed by atoms with Gasteiger partial charge in [0.15, 0.2) is 6.10 Å². The zero-order valence-corrected chi connectivity index (χ0v) is 14.6. The van der Waals surface area contributed by atoms with Crippen LogP contribution in [0.1, 0.15) is 37.8 Å². The standard InChI is InChI=1S/C20H22FNO3/c1-13(2)15-8-10-17(11-9-15)22-20(24)14(3)25-19(23)12-16-6-4-5-7-18(16)21/h4-11,13-14H,12H2,1-3H3,(H,22,24)/t14-/m1/s1. The first-order chi connectivity index (χ1) is 11.9. The average Bonchev–Trinajstić information content (AvgIpc) is 2.57. The zero-order valence-electron chi connectivity index (χ0n) is 14.6. The number of carbonyl (C=O) groups is 2. The molecule has 2 aromatic rings. The van der Waals surface area contributed by atoms with E-state index in [1.807, 2.05) is 12.1 Å². The molecule has 0 fully saturated rings. The average molecular weight is 343 g/mol. The Morgan fingerprint density at radius 3 is 2.28 bits per heavy atom. The largest absolute Gasteiger partial charge is 0.452 e. The minimum absolute atomic E-state index is 0.215. The molecule has 0 saturated heterocycles. The summed E-state index contributed by atoms with van der Waals surface area (Å²) in [5, 5.41) is 2.70. The van der Waals surface area contributed by atoms with Crippen molar-refractivity contribution in [2.75, 3.05) is 5.32 Å². The van der Waals surface area contributed by atoms with E-state index in [9.17, 15) is 14.0 Å². The Balaban J connectivity index is 1.89. The van der Waals surface area contributed by atoms with Gasteiger partial charge >= 0.3 is 5.97 Å². The lowest BCUT2D eigenvalue weighted by molar-refractivity contribution is -0.152. The fourth-order valence-electron chi connectivity index (χ4n) is 2.28. The monoisotopic (exact) mass is 343 g/mol. The zero-order chi connectivity index (χ0) is 18.4. The molecule has 0 spiro atoms. The number of amides is 1. The van der Waals surface area contributed by atoms with Crippen LogP contribution in [0, 0.1) is 5.82 Å². The van der Waals surface area contributed by atoms with Crippen LogP contribution in [0.5, 0.6) is 0 Å². The summed E-state index contributed by atoms with van der Waals surface area (Å²) < 4.78 is 18.6. The third kappa shape index (κ3) is 5.41. The molecule has 132 valence electrons. The Morgan fingerprint density at radius 1 is 1.04 bits per heavy atom. The van der Waals surface area contributed by atoms with Crippen LogP contribution in [0.15, 0.2) is 48.5 Å². The third-order valence-corrected chi connectivity index (χ3v) is 3.81. The molecule has 0 aliphatic rings. The summed E-state index contributed by atoms with van der Waals surface area (Å²) in [7, 11) is 0. The molecule has 0 radical (unpaired) electrons. The summed E-state index contributed by atoms with van der Waals surface area (Å²) in [5.41, 5.74) is 2.04. The van der Waals surface area contributed by atoms with E-state index in [1.165, 1.54) is 24.6 Å². The molecule has 2 rings (SSSR count). The number of carbonyl (C=O) groups excluding carboxylic acids is 2. The molecule has 0 unspecified atom stereocenters. The number of nitrogens with one attached hydrogen (secondary N) is 1. The predicted octanol–water partition coefficient (Wildman–Crippen LogP) is 4.06. The smallest absolute Gasteiger partial charge is 0.311 e. The van der Waals surface area contributed by atoms with Gasteiger partial charge in [0.25, 0.3) is 5.91 Å². The van der Waals surface area contributed by atoms with Crippen LogP contribution in [-0.2, 0) is 20.7 Å². The lowest BCUT2D eigenvalue weighted by atomic mass is 10.0. The first-order valence-electron chi connectivity index (χ1n) is 8.20. The van der Waals surface area contributed by atoms with Crippen molar-refractivity contribution in [1.82, 2.24) is 0 Å². The van der Waals surface area contributed by atoms with Gasteiger partial charge in [0, 0.05) is 5.69 Å². The number of ether oxygens (including phenoxy) is 1. The first-order valence-corrected chi connectivity index (χ1v) is 8.20. The summed E-state index contributed by atoms with van der Waals surface area (Å²) in [6.45, 7) is 5.66. The topological polar surface area (TPSA) is 55.4 Å². The molecule has 1 N–H and O–H groups in total. The minimum atomic E-state index is -0.968. The summed E-state index contributed by atoms with van der Waals surface area (Å²) in [5.74, 6) is -1.15. The second kappa shape index (κ2) is 8.42. The molecule has 2 aromatic carbocycles. The van der Waals surface area contributed by atoms with E-state index in [0.717, 1.165) is 0 Å². The van der Waals surface area contributed by atoms with E-state index in [-0.39, 0.29) is 12.0 Å². The highest BCUT2D eigenvalue weighted by molar-refractivity contribution is 5.95.